The summed E-state index contributed by atoms with van der Waals surface area (Å²) in [4.78, 5) is 18.5. The van der Waals surface area contributed by atoms with Crippen molar-refractivity contribution in [1.82, 2.24) is 15.1 Å². The van der Waals surface area contributed by atoms with E-state index in [2.05, 4.69) is 29.0 Å². The van der Waals surface area contributed by atoms with Crippen molar-refractivity contribution in [3.8, 4) is 0 Å². The molecule has 1 N–H and O–H groups in total. The molecule has 1 amide bonds. The fraction of sp³-hybridized carbons (Fsp3) is 0.952. The quantitative estimate of drug-likeness (QED) is 0.798. The number of piperazine rings is 1. The summed E-state index contributed by atoms with van der Waals surface area (Å²) in [5.74, 6) is 1.33. The van der Waals surface area contributed by atoms with E-state index in [9.17, 15) is 4.79 Å². The summed E-state index contributed by atoms with van der Waals surface area (Å²) >= 11 is 0. The SMILES string of the molecule is CC12CC3CC(C)(C1)CC(C(=O)N1CCN(C4CCNC4)CC1)(C3)C2.Cl. The van der Waals surface area contributed by atoms with Crippen molar-refractivity contribution in [2.24, 2.45) is 22.2 Å². The highest BCUT2D eigenvalue weighted by Crippen LogP contribution is 2.69. The zero-order valence-electron chi connectivity index (χ0n) is 16.6. The lowest BCUT2D eigenvalue weighted by molar-refractivity contribution is -0.181. The highest BCUT2D eigenvalue weighted by molar-refractivity contribution is 5.85. The first-order chi connectivity index (χ1) is 11.9. The van der Waals surface area contributed by atoms with E-state index in [1.807, 2.05) is 0 Å². The third-order valence-electron chi connectivity index (χ3n) is 8.23. The van der Waals surface area contributed by atoms with Crippen LogP contribution in [0.5, 0.6) is 0 Å². The Labute approximate surface area is 164 Å². The highest BCUT2D eigenvalue weighted by atomic mass is 35.5. The molecule has 0 aromatic heterocycles. The third kappa shape index (κ3) is 3.00. The molecule has 4 aliphatic carbocycles. The maximum Gasteiger partial charge on any atom is 0.228 e. The van der Waals surface area contributed by atoms with Crippen molar-refractivity contribution < 1.29 is 4.79 Å². The number of nitrogens with zero attached hydrogens (tertiary/aromatic N) is 2. The summed E-state index contributed by atoms with van der Waals surface area (Å²) in [5, 5.41) is 3.48. The molecule has 2 saturated heterocycles. The van der Waals surface area contributed by atoms with Gasteiger partial charge in [0.15, 0.2) is 0 Å². The molecule has 148 valence electrons. The zero-order chi connectivity index (χ0) is 17.3. The van der Waals surface area contributed by atoms with Crippen LogP contribution >= 0.6 is 12.4 Å². The van der Waals surface area contributed by atoms with Crippen molar-refractivity contribution in [3.05, 3.63) is 0 Å². The van der Waals surface area contributed by atoms with Gasteiger partial charge in [-0.2, -0.15) is 0 Å². The summed E-state index contributed by atoms with van der Waals surface area (Å²) in [5.41, 5.74) is 0.850. The van der Waals surface area contributed by atoms with Gasteiger partial charge in [0.05, 0.1) is 5.41 Å². The van der Waals surface area contributed by atoms with Gasteiger partial charge in [-0.05, 0) is 68.2 Å². The lowest BCUT2D eigenvalue weighted by atomic mass is 9.40. The van der Waals surface area contributed by atoms with Gasteiger partial charge in [-0.25, -0.2) is 0 Å². The Morgan fingerprint density at radius 3 is 2.15 bits per heavy atom. The number of hydrogen-bond acceptors (Lipinski definition) is 3. The van der Waals surface area contributed by atoms with Crippen LogP contribution in [0.2, 0.25) is 0 Å². The van der Waals surface area contributed by atoms with Crippen molar-refractivity contribution >= 4 is 18.3 Å². The van der Waals surface area contributed by atoms with Crippen LogP contribution in [-0.4, -0.2) is 61.0 Å². The van der Waals surface area contributed by atoms with Crippen LogP contribution in [0, 0.1) is 22.2 Å². The van der Waals surface area contributed by atoms with Gasteiger partial charge in [-0.1, -0.05) is 13.8 Å². The second kappa shape index (κ2) is 6.35. The second-order valence-electron chi connectivity index (χ2n) is 10.9. The van der Waals surface area contributed by atoms with Gasteiger partial charge >= 0.3 is 0 Å². The number of hydrogen-bond donors (Lipinski definition) is 1. The van der Waals surface area contributed by atoms with Crippen LogP contribution in [0.3, 0.4) is 0 Å². The molecule has 6 rings (SSSR count). The van der Waals surface area contributed by atoms with Gasteiger partial charge in [0.1, 0.15) is 0 Å². The lowest BCUT2D eigenvalue weighted by Crippen LogP contribution is -2.62. The fourth-order valence-corrected chi connectivity index (χ4v) is 8.26. The normalized spacial score (nSPS) is 47.8. The first-order valence-electron chi connectivity index (χ1n) is 10.6. The van der Waals surface area contributed by atoms with Crippen LogP contribution in [0.1, 0.15) is 58.8 Å². The summed E-state index contributed by atoms with van der Waals surface area (Å²) in [6.07, 6.45) is 8.89. The lowest BCUT2D eigenvalue weighted by Gasteiger charge is -2.65. The Hall–Kier alpha value is -0.320. The van der Waals surface area contributed by atoms with Gasteiger partial charge in [0.25, 0.3) is 0 Å². The molecule has 3 unspecified atom stereocenters. The van der Waals surface area contributed by atoms with Crippen LogP contribution in [0.25, 0.3) is 0 Å². The van der Waals surface area contributed by atoms with E-state index in [4.69, 9.17) is 0 Å². The van der Waals surface area contributed by atoms with E-state index in [0.717, 1.165) is 58.0 Å². The first-order valence-corrected chi connectivity index (χ1v) is 10.6. The van der Waals surface area contributed by atoms with E-state index in [1.165, 1.54) is 32.1 Å². The Morgan fingerprint density at radius 2 is 1.62 bits per heavy atom. The van der Waals surface area contributed by atoms with Crippen molar-refractivity contribution in [2.75, 3.05) is 39.3 Å². The number of carbonyl (C=O) groups excluding carboxylic acids is 1. The Bertz CT molecular complexity index is 550. The Morgan fingerprint density at radius 1 is 0.962 bits per heavy atom. The maximum absolute atomic E-state index is 13.7. The second-order valence-corrected chi connectivity index (χ2v) is 10.9. The van der Waals surface area contributed by atoms with Crippen molar-refractivity contribution in [2.45, 2.75) is 64.8 Å². The van der Waals surface area contributed by atoms with Crippen molar-refractivity contribution in [1.29, 1.82) is 0 Å². The summed E-state index contributed by atoms with van der Waals surface area (Å²) in [6, 6.07) is 0.703. The number of amides is 1. The summed E-state index contributed by atoms with van der Waals surface area (Å²) < 4.78 is 0. The monoisotopic (exact) mass is 381 g/mol. The standard InChI is InChI=1S/C21H35N3O.ClH/c1-19-9-16-10-20(2,13-19)15-21(11-16,14-19)18(25)24-7-5-23(6-8-24)17-3-4-22-12-17;/h16-17,22H,3-15H2,1-2H3;1H. The van der Waals surface area contributed by atoms with Crippen molar-refractivity contribution in [3.63, 3.8) is 0 Å². The number of halogens is 1. The summed E-state index contributed by atoms with van der Waals surface area (Å²) in [7, 11) is 0. The molecule has 0 aromatic carbocycles. The molecule has 4 nitrogen and oxygen atoms in total. The van der Waals surface area contributed by atoms with Gasteiger partial charge in [-0.3, -0.25) is 9.69 Å². The topological polar surface area (TPSA) is 35.6 Å². The van der Waals surface area contributed by atoms with E-state index >= 15 is 0 Å². The first kappa shape index (κ1) is 19.0. The molecule has 2 aliphatic heterocycles. The molecule has 5 heteroatoms. The van der Waals surface area contributed by atoms with Crippen LogP contribution in [0.15, 0.2) is 0 Å². The minimum Gasteiger partial charge on any atom is -0.340 e. The molecule has 26 heavy (non-hydrogen) atoms. The third-order valence-corrected chi connectivity index (χ3v) is 8.23. The molecular weight excluding hydrogens is 346 g/mol. The highest BCUT2D eigenvalue weighted by Gasteiger charge is 2.63. The smallest absolute Gasteiger partial charge is 0.228 e. The average molecular weight is 382 g/mol. The number of rotatable bonds is 2. The molecule has 4 saturated carbocycles. The predicted molar refractivity (Wildman–Crippen MR) is 107 cm³/mol. The minimum atomic E-state index is -0.0139. The summed E-state index contributed by atoms with van der Waals surface area (Å²) in [6.45, 7) is 11.3. The van der Waals surface area contributed by atoms with Gasteiger partial charge in [0, 0.05) is 38.8 Å². The fourth-order valence-electron chi connectivity index (χ4n) is 8.26. The largest absolute Gasteiger partial charge is 0.340 e. The molecule has 6 fully saturated rings. The average Bonchev–Trinajstić information content (AvgIpc) is 3.05. The molecule has 4 bridgehead atoms. The molecule has 2 heterocycles. The molecule has 0 radical (unpaired) electrons. The molecule has 3 atom stereocenters. The Balaban J connectivity index is 0.00000168. The van der Waals surface area contributed by atoms with Crippen LogP contribution in [-0.2, 0) is 4.79 Å². The van der Waals surface area contributed by atoms with Crippen LogP contribution < -0.4 is 5.32 Å². The number of nitrogens with one attached hydrogen (secondary N) is 1. The zero-order valence-corrected chi connectivity index (χ0v) is 17.4. The van der Waals surface area contributed by atoms with E-state index in [0.29, 0.717) is 22.8 Å². The minimum absolute atomic E-state index is 0. The van der Waals surface area contributed by atoms with Gasteiger partial charge in [-0.15, -0.1) is 12.4 Å². The molecule has 0 spiro atoms. The van der Waals surface area contributed by atoms with Gasteiger partial charge < -0.3 is 10.2 Å². The van der Waals surface area contributed by atoms with E-state index in [1.54, 1.807) is 0 Å². The number of carbonyl (C=O) groups is 1. The van der Waals surface area contributed by atoms with E-state index in [-0.39, 0.29) is 17.8 Å². The predicted octanol–water partition coefficient (Wildman–Crippen LogP) is 2.91. The van der Waals surface area contributed by atoms with Gasteiger partial charge in [0.2, 0.25) is 5.91 Å². The molecule has 0 aromatic rings. The molecular formula is C21H36ClN3O. The molecule has 6 aliphatic rings. The maximum atomic E-state index is 13.7. The van der Waals surface area contributed by atoms with Crippen LogP contribution in [0.4, 0.5) is 0 Å². The van der Waals surface area contributed by atoms with E-state index < -0.39 is 0 Å². The Kier molecular flexibility index (Phi) is 4.65.